The lowest BCUT2D eigenvalue weighted by molar-refractivity contribution is -0.220. The third-order valence-corrected chi connectivity index (χ3v) is 11.7. The summed E-state index contributed by atoms with van der Waals surface area (Å²) >= 11 is 0. The average Bonchev–Trinajstić information content (AvgIpc) is 3.25. The zero-order chi connectivity index (χ0) is 45.9. The molecule has 7 N–H and O–H groups in total. The van der Waals surface area contributed by atoms with E-state index in [9.17, 15) is 49.7 Å². The molecule has 360 valence electrons. The summed E-state index contributed by atoms with van der Waals surface area (Å²) in [6, 6.07) is 0. The number of phosphoric ester groups is 1. The van der Waals surface area contributed by atoms with Crippen LogP contribution in [-0.4, -0.2) is 110 Å². The van der Waals surface area contributed by atoms with Crippen molar-refractivity contribution in [1.82, 2.24) is 0 Å². The quantitative estimate of drug-likeness (QED) is 0.0102. The van der Waals surface area contributed by atoms with E-state index >= 15 is 0 Å². The molecule has 0 amide bonds. The fourth-order valence-electron chi connectivity index (χ4n) is 6.88. The predicted octanol–water partition coefficient (Wildman–Crippen LogP) is 8.14. The first kappa shape index (κ1) is 57.8. The summed E-state index contributed by atoms with van der Waals surface area (Å²) < 4.78 is 33.4. The van der Waals surface area contributed by atoms with Crippen LogP contribution in [-0.2, 0) is 32.7 Å². The number of allylic oxidation sites excluding steroid dienone is 7. The van der Waals surface area contributed by atoms with Crippen LogP contribution in [0.5, 0.6) is 0 Å². The first-order valence-electron chi connectivity index (χ1n) is 23.5. The maximum absolute atomic E-state index is 12.8. The fourth-order valence-corrected chi connectivity index (χ4v) is 7.85. The summed E-state index contributed by atoms with van der Waals surface area (Å²) in [6.45, 7) is 3.11. The predicted molar refractivity (Wildman–Crippen MR) is 241 cm³/mol. The lowest BCUT2D eigenvalue weighted by Gasteiger charge is -2.41. The highest BCUT2D eigenvalue weighted by Crippen LogP contribution is 2.47. The Kier molecular flexibility index (Phi) is 34.5. The number of hydrogen-bond donors (Lipinski definition) is 7. The Balaban J connectivity index is 2.54. The second kappa shape index (κ2) is 37.0. The zero-order valence-electron chi connectivity index (χ0n) is 37.8. The van der Waals surface area contributed by atoms with Gasteiger partial charge >= 0.3 is 19.8 Å². The number of phosphoric acid groups is 1. The Hall–Kier alpha value is -2.23. The van der Waals surface area contributed by atoms with E-state index in [1.807, 2.05) is 12.2 Å². The van der Waals surface area contributed by atoms with Gasteiger partial charge in [0.2, 0.25) is 0 Å². The van der Waals surface area contributed by atoms with Gasteiger partial charge in [-0.05, 0) is 64.2 Å². The van der Waals surface area contributed by atoms with Gasteiger partial charge in [-0.15, -0.1) is 0 Å². The van der Waals surface area contributed by atoms with Crippen LogP contribution in [0, 0.1) is 0 Å². The van der Waals surface area contributed by atoms with Crippen LogP contribution in [0.1, 0.15) is 174 Å². The first-order valence-corrected chi connectivity index (χ1v) is 25.0. The van der Waals surface area contributed by atoms with Crippen molar-refractivity contribution in [3.63, 3.8) is 0 Å². The van der Waals surface area contributed by atoms with Gasteiger partial charge in [0.05, 0.1) is 12.7 Å². The van der Waals surface area contributed by atoms with Crippen LogP contribution < -0.4 is 0 Å². The van der Waals surface area contributed by atoms with Crippen LogP contribution in [0.25, 0.3) is 0 Å². The molecule has 1 rings (SSSR count). The largest absolute Gasteiger partial charge is 0.472 e. The highest BCUT2D eigenvalue weighted by Gasteiger charge is 2.51. The number of carbonyl (C=O) groups excluding carboxylic acids is 2. The summed E-state index contributed by atoms with van der Waals surface area (Å²) in [7, 11) is -5.16. The monoisotopic (exact) mass is 903 g/mol. The molecule has 0 aromatic heterocycles. The lowest BCUT2D eigenvalue weighted by atomic mass is 9.85. The molecule has 0 heterocycles. The average molecular weight is 903 g/mol. The van der Waals surface area contributed by atoms with Gasteiger partial charge in [0.1, 0.15) is 43.2 Å². The minimum absolute atomic E-state index is 0.0515. The molecule has 1 fully saturated rings. The molecule has 1 aliphatic rings. The molecular weight excluding hydrogens is 819 g/mol. The molecule has 0 aromatic carbocycles. The zero-order valence-corrected chi connectivity index (χ0v) is 38.7. The molecule has 9 atom stereocenters. The van der Waals surface area contributed by atoms with Gasteiger partial charge < -0.3 is 45.0 Å². The van der Waals surface area contributed by atoms with E-state index in [1.165, 1.54) is 64.2 Å². The molecule has 0 saturated heterocycles. The summed E-state index contributed by atoms with van der Waals surface area (Å²) in [5, 5.41) is 60.4. The number of rotatable bonds is 38. The Morgan fingerprint density at radius 2 is 1.06 bits per heavy atom. The van der Waals surface area contributed by atoms with E-state index < -0.39 is 81.8 Å². The van der Waals surface area contributed by atoms with E-state index in [1.54, 1.807) is 12.2 Å². The molecular formula is C47H83O14P. The molecule has 0 aromatic rings. The maximum atomic E-state index is 12.8. The maximum Gasteiger partial charge on any atom is 0.472 e. The second-order valence-electron chi connectivity index (χ2n) is 16.5. The Labute approximate surface area is 372 Å². The van der Waals surface area contributed by atoms with Crippen LogP contribution in [0.3, 0.4) is 0 Å². The fraction of sp³-hybridized carbons (Fsp3) is 0.787. The molecule has 4 unspecified atom stereocenters. The molecule has 0 spiro atoms. The number of aliphatic hydroxyl groups is 6. The van der Waals surface area contributed by atoms with Crippen molar-refractivity contribution < 1.29 is 68.2 Å². The number of carbonyl (C=O) groups is 2. The van der Waals surface area contributed by atoms with E-state index in [-0.39, 0.29) is 12.8 Å². The minimum atomic E-state index is -5.16. The number of unbranched alkanes of at least 4 members (excludes halogenated alkanes) is 17. The number of aliphatic hydroxyl groups excluding tert-OH is 6. The Morgan fingerprint density at radius 3 is 1.65 bits per heavy atom. The van der Waals surface area contributed by atoms with Crippen molar-refractivity contribution >= 4 is 19.8 Å². The summed E-state index contributed by atoms with van der Waals surface area (Å²) in [5.41, 5.74) is 0. The molecule has 0 bridgehead atoms. The highest BCUT2D eigenvalue weighted by molar-refractivity contribution is 7.47. The molecule has 62 heavy (non-hydrogen) atoms. The van der Waals surface area contributed by atoms with Gasteiger partial charge in [0, 0.05) is 12.8 Å². The second-order valence-corrected chi connectivity index (χ2v) is 17.9. The summed E-state index contributed by atoms with van der Waals surface area (Å²) in [5.74, 6) is -1.30. The molecule has 1 saturated carbocycles. The topological polar surface area (TPSA) is 230 Å². The van der Waals surface area contributed by atoms with Gasteiger partial charge in [0.25, 0.3) is 0 Å². The van der Waals surface area contributed by atoms with Gasteiger partial charge in [-0.2, -0.15) is 0 Å². The number of ether oxygens (including phenoxy) is 2. The summed E-state index contributed by atoms with van der Waals surface area (Å²) in [6.07, 6.45) is 26.1. The molecule has 15 heteroatoms. The van der Waals surface area contributed by atoms with E-state index in [0.29, 0.717) is 19.3 Å². The number of hydrogen-bond acceptors (Lipinski definition) is 13. The van der Waals surface area contributed by atoms with Crippen molar-refractivity contribution in [2.75, 3.05) is 13.2 Å². The van der Waals surface area contributed by atoms with Crippen LogP contribution in [0.15, 0.2) is 48.6 Å². The normalized spacial score (nSPS) is 22.8. The van der Waals surface area contributed by atoms with Crippen molar-refractivity contribution in [2.24, 2.45) is 0 Å². The summed E-state index contributed by atoms with van der Waals surface area (Å²) in [4.78, 5) is 35.7. The SMILES string of the molecule is CCCCCC/C=C\CCCCCCCCCC(=O)O[C@H](COC(=O)CCCC(O)/C=C/C=C/C/C=C/CCCCCCCC)COP(=O)(O)OC1[C@H](O)[C@H](O)C(O)[C@H](O)[C@H]1O. The minimum Gasteiger partial charge on any atom is -0.462 e. The van der Waals surface area contributed by atoms with Crippen molar-refractivity contribution in [3.05, 3.63) is 48.6 Å². The van der Waals surface area contributed by atoms with Crippen molar-refractivity contribution in [3.8, 4) is 0 Å². The van der Waals surface area contributed by atoms with E-state index in [0.717, 1.165) is 64.2 Å². The standard InChI is InChI=1S/C47H83O14P/c1-3-5-7-9-11-13-15-17-18-20-22-24-26-28-30-34-41(50)60-39(37-59-62(56,57)61-47-45(54)43(52)42(51)44(53)46(47)55)36-58-40(49)35-31-33-38(48)32-29-27-25-23-21-19-16-14-12-10-8-6-4-2/h13,15,19,21,25,27,29,32,38-39,42-48,51-55H,3-12,14,16-18,20,22-24,26,28,30-31,33-37H2,1-2H3,(H,56,57)/b15-13-,21-19+,27-25+,32-29+/t38?,39-,42?,43-,44+,45-,46-,47?/m1/s1. The van der Waals surface area contributed by atoms with Crippen LogP contribution in [0.2, 0.25) is 0 Å². The van der Waals surface area contributed by atoms with Crippen LogP contribution in [0.4, 0.5) is 0 Å². The van der Waals surface area contributed by atoms with Crippen molar-refractivity contribution in [2.45, 2.75) is 223 Å². The third-order valence-electron chi connectivity index (χ3n) is 10.7. The van der Waals surface area contributed by atoms with Crippen LogP contribution >= 0.6 is 7.82 Å². The van der Waals surface area contributed by atoms with Gasteiger partial charge in [-0.1, -0.05) is 146 Å². The van der Waals surface area contributed by atoms with E-state index in [4.69, 9.17) is 18.5 Å². The lowest BCUT2D eigenvalue weighted by Crippen LogP contribution is -2.64. The van der Waals surface area contributed by atoms with Gasteiger partial charge in [-0.3, -0.25) is 18.6 Å². The Morgan fingerprint density at radius 1 is 0.581 bits per heavy atom. The third kappa shape index (κ3) is 29.3. The van der Waals surface area contributed by atoms with Gasteiger partial charge in [0.15, 0.2) is 6.10 Å². The number of esters is 2. The molecule has 14 nitrogen and oxygen atoms in total. The van der Waals surface area contributed by atoms with E-state index in [2.05, 4.69) is 38.2 Å². The molecule has 1 aliphatic carbocycles. The molecule has 0 aliphatic heterocycles. The highest BCUT2D eigenvalue weighted by atomic mass is 31.2. The molecule has 0 radical (unpaired) electrons. The Bertz CT molecular complexity index is 1290. The van der Waals surface area contributed by atoms with Gasteiger partial charge in [-0.25, -0.2) is 4.57 Å². The smallest absolute Gasteiger partial charge is 0.462 e. The first-order chi connectivity index (χ1) is 29.8. The van der Waals surface area contributed by atoms with Crippen molar-refractivity contribution in [1.29, 1.82) is 0 Å².